The molecule has 2 N–H and O–H groups in total. The highest BCUT2D eigenvalue weighted by Crippen LogP contribution is 2.31. The largest absolute Gasteiger partial charge is 0.383 e. The van der Waals surface area contributed by atoms with Crippen LogP contribution in [0.4, 0.5) is 15.0 Å². The van der Waals surface area contributed by atoms with Crippen molar-refractivity contribution in [2.45, 2.75) is 25.8 Å². The van der Waals surface area contributed by atoms with Gasteiger partial charge >= 0.3 is 6.03 Å². The summed E-state index contributed by atoms with van der Waals surface area (Å²) in [4.78, 5) is 15.7. The quantitative estimate of drug-likeness (QED) is 0.355. The average molecular weight is 532 g/mol. The van der Waals surface area contributed by atoms with Crippen LogP contribution in [0.1, 0.15) is 22.7 Å². The van der Waals surface area contributed by atoms with Gasteiger partial charge in [0.1, 0.15) is 23.0 Å². The topological polar surface area (TPSA) is 89.2 Å². The zero-order valence-corrected chi connectivity index (χ0v) is 22.7. The summed E-state index contributed by atoms with van der Waals surface area (Å²) < 4.78 is 22.4. The molecule has 2 aromatic carbocycles. The van der Waals surface area contributed by atoms with Crippen molar-refractivity contribution in [3.63, 3.8) is 0 Å². The van der Waals surface area contributed by atoms with Crippen LogP contribution in [-0.4, -0.2) is 69.9 Å². The van der Waals surface area contributed by atoms with E-state index in [1.807, 2.05) is 57.3 Å². The standard InChI is InChI=1S/C29H34FN7O2/c1-19-16-25(33-35(19)3)27-20(2)28(37(34-27)23-8-6-5-7-9-23)32-29(38)31-26-18-36(14-15-39-4)17-24(26)21-10-12-22(30)13-11-21/h5-13,16,24,26H,14-15,17-18H2,1-4H3,(H2,31,32,38). The Labute approximate surface area is 227 Å². The molecule has 5 rings (SSSR count). The Hall–Kier alpha value is -4.02. The van der Waals surface area contributed by atoms with E-state index < -0.39 is 0 Å². The van der Waals surface area contributed by atoms with E-state index in [0.29, 0.717) is 24.7 Å². The zero-order valence-electron chi connectivity index (χ0n) is 22.7. The van der Waals surface area contributed by atoms with Crippen molar-refractivity contribution in [2.75, 3.05) is 38.7 Å². The highest BCUT2D eigenvalue weighted by Gasteiger charge is 2.35. The van der Waals surface area contributed by atoms with Gasteiger partial charge in [-0.2, -0.15) is 10.2 Å². The van der Waals surface area contributed by atoms with Gasteiger partial charge < -0.3 is 10.1 Å². The van der Waals surface area contributed by atoms with Crippen molar-refractivity contribution in [3.8, 4) is 17.1 Å². The molecule has 2 amide bonds. The Morgan fingerprint density at radius 2 is 1.82 bits per heavy atom. The van der Waals surface area contributed by atoms with Crippen LogP contribution in [-0.2, 0) is 11.8 Å². The summed E-state index contributed by atoms with van der Waals surface area (Å²) in [5.41, 5.74) is 5.08. The first-order valence-electron chi connectivity index (χ1n) is 13.0. The van der Waals surface area contributed by atoms with E-state index in [0.717, 1.165) is 41.3 Å². The van der Waals surface area contributed by atoms with Crippen molar-refractivity contribution in [1.82, 2.24) is 29.8 Å². The minimum absolute atomic E-state index is 0.0143. The summed E-state index contributed by atoms with van der Waals surface area (Å²) in [6.45, 7) is 6.67. The number of hydrogen-bond donors (Lipinski definition) is 2. The van der Waals surface area contributed by atoms with E-state index in [9.17, 15) is 9.18 Å². The number of hydrogen-bond acceptors (Lipinski definition) is 5. The number of aromatic nitrogens is 4. The Balaban J connectivity index is 1.42. The molecule has 0 aliphatic carbocycles. The van der Waals surface area contributed by atoms with E-state index in [4.69, 9.17) is 9.84 Å². The van der Waals surface area contributed by atoms with Crippen LogP contribution in [0.2, 0.25) is 0 Å². The van der Waals surface area contributed by atoms with Gasteiger partial charge in [0.25, 0.3) is 0 Å². The van der Waals surface area contributed by atoms with Crippen LogP contribution in [0.15, 0.2) is 60.7 Å². The molecular formula is C29H34FN7O2. The number of nitrogens with zero attached hydrogens (tertiary/aromatic N) is 5. The predicted octanol–water partition coefficient (Wildman–Crippen LogP) is 4.26. The summed E-state index contributed by atoms with van der Waals surface area (Å²) in [5, 5.41) is 15.7. The molecule has 39 heavy (non-hydrogen) atoms. The number of amides is 2. The first-order valence-corrected chi connectivity index (χ1v) is 13.0. The van der Waals surface area contributed by atoms with Crippen LogP contribution in [0.25, 0.3) is 17.1 Å². The molecule has 10 heteroatoms. The number of rotatable bonds is 8. The highest BCUT2D eigenvalue weighted by molar-refractivity contribution is 5.91. The maximum Gasteiger partial charge on any atom is 0.320 e. The van der Waals surface area contributed by atoms with Crippen molar-refractivity contribution in [1.29, 1.82) is 0 Å². The molecule has 0 saturated carbocycles. The minimum Gasteiger partial charge on any atom is -0.383 e. The van der Waals surface area contributed by atoms with Gasteiger partial charge in [0.05, 0.1) is 18.3 Å². The Morgan fingerprint density at radius 1 is 1.08 bits per heavy atom. The van der Waals surface area contributed by atoms with Gasteiger partial charge in [0, 0.05) is 51.0 Å². The fraction of sp³-hybridized carbons (Fsp3) is 0.345. The van der Waals surface area contributed by atoms with Gasteiger partial charge in [-0.1, -0.05) is 30.3 Å². The van der Waals surface area contributed by atoms with Gasteiger partial charge in [-0.15, -0.1) is 0 Å². The lowest BCUT2D eigenvalue weighted by atomic mass is 9.94. The molecule has 0 bridgehead atoms. The Kier molecular flexibility index (Phi) is 7.76. The molecule has 0 spiro atoms. The number of aryl methyl sites for hydroxylation is 2. The van der Waals surface area contributed by atoms with E-state index in [1.54, 1.807) is 28.6 Å². The number of nitrogens with one attached hydrogen (secondary N) is 2. The fourth-order valence-electron chi connectivity index (χ4n) is 5.11. The van der Waals surface area contributed by atoms with Gasteiger partial charge in [0.15, 0.2) is 0 Å². The average Bonchev–Trinajstić information content (AvgIpc) is 3.59. The van der Waals surface area contributed by atoms with Crippen molar-refractivity contribution >= 4 is 11.8 Å². The molecule has 2 aromatic heterocycles. The maximum atomic E-state index is 13.6. The summed E-state index contributed by atoms with van der Waals surface area (Å²) in [5.74, 6) is 0.309. The summed E-state index contributed by atoms with van der Waals surface area (Å²) in [6, 6.07) is 17.7. The molecule has 204 valence electrons. The van der Waals surface area contributed by atoms with Gasteiger partial charge in [0.2, 0.25) is 0 Å². The molecule has 1 fully saturated rings. The number of likely N-dealkylation sites (tertiary alicyclic amines) is 1. The third kappa shape index (κ3) is 5.71. The lowest BCUT2D eigenvalue weighted by molar-refractivity contribution is 0.159. The third-order valence-corrected chi connectivity index (χ3v) is 7.33. The molecule has 1 aliphatic rings. The molecule has 9 nitrogen and oxygen atoms in total. The molecule has 4 aromatic rings. The fourth-order valence-corrected chi connectivity index (χ4v) is 5.11. The third-order valence-electron chi connectivity index (χ3n) is 7.33. The van der Waals surface area contributed by atoms with E-state index >= 15 is 0 Å². The van der Waals surface area contributed by atoms with Crippen LogP contribution in [0, 0.1) is 19.7 Å². The smallest absolute Gasteiger partial charge is 0.320 e. The number of benzene rings is 2. The first kappa shape index (κ1) is 26.6. The Bertz CT molecular complexity index is 1410. The van der Waals surface area contributed by atoms with Crippen LogP contribution in [0.5, 0.6) is 0 Å². The minimum atomic E-state index is -0.329. The summed E-state index contributed by atoms with van der Waals surface area (Å²) in [6.07, 6.45) is 0. The SMILES string of the molecule is COCCN1CC(NC(=O)Nc2c(C)c(-c3cc(C)n(C)n3)nn2-c2ccccc2)C(c2ccc(F)cc2)C1. The number of halogens is 1. The normalized spacial score (nSPS) is 17.5. The number of carbonyl (C=O) groups excluding carboxylic acids is 1. The van der Waals surface area contributed by atoms with E-state index in [2.05, 4.69) is 20.6 Å². The second-order valence-corrected chi connectivity index (χ2v) is 9.98. The van der Waals surface area contributed by atoms with Crippen LogP contribution in [0.3, 0.4) is 0 Å². The summed E-state index contributed by atoms with van der Waals surface area (Å²) >= 11 is 0. The predicted molar refractivity (Wildman–Crippen MR) is 149 cm³/mol. The number of urea groups is 1. The zero-order chi connectivity index (χ0) is 27.5. The molecule has 0 radical (unpaired) electrons. The number of para-hydroxylation sites is 1. The maximum absolute atomic E-state index is 13.6. The number of ether oxygens (including phenoxy) is 1. The second kappa shape index (κ2) is 11.4. The lowest BCUT2D eigenvalue weighted by Crippen LogP contribution is -2.42. The van der Waals surface area contributed by atoms with Gasteiger partial charge in [-0.25, -0.2) is 13.9 Å². The van der Waals surface area contributed by atoms with Crippen molar-refractivity contribution in [3.05, 3.63) is 83.3 Å². The lowest BCUT2D eigenvalue weighted by Gasteiger charge is -2.21. The molecule has 2 atom stereocenters. The molecule has 1 aliphatic heterocycles. The second-order valence-electron chi connectivity index (χ2n) is 9.98. The van der Waals surface area contributed by atoms with E-state index in [1.165, 1.54) is 12.1 Å². The van der Waals surface area contributed by atoms with Gasteiger partial charge in [-0.3, -0.25) is 14.9 Å². The molecule has 2 unspecified atom stereocenters. The molecular weight excluding hydrogens is 497 g/mol. The number of anilines is 1. The Morgan fingerprint density at radius 3 is 2.49 bits per heavy atom. The number of methoxy groups -OCH3 is 1. The van der Waals surface area contributed by atoms with Crippen LogP contribution < -0.4 is 10.6 Å². The van der Waals surface area contributed by atoms with Crippen molar-refractivity contribution < 1.29 is 13.9 Å². The number of carbonyl (C=O) groups is 1. The summed E-state index contributed by atoms with van der Waals surface area (Å²) in [7, 11) is 3.57. The van der Waals surface area contributed by atoms with Gasteiger partial charge in [-0.05, 0) is 49.7 Å². The monoisotopic (exact) mass is 531 g/mol. The van der Waals surface area contributed by atoms with E-state index in [-0.39, 0.29) is 23.8 Å². The van der Waals surface area contributed by atoms with Crippen molar-refractivity contribution in [2.24, 2.45) is 7.05 Å². The highest BCUT2D eigenvalue weighted by atomic mass is 19.1. The molecule has 3 heterocycles. The first-order chi connectivity index (χ1) is 18.8. The molecule has 1 saturated heterocycles. The van der Waals surface area contributed by atoms with Crippen LogP contribution >= 0.6 is 0 Å².